The number of nitrogens with zero attached hydrogens (tertiary/aromatic N) is 1. The summed E-state index contributed by atoms with van der Waals surface area (Å²) < 4.78 is 51.4. The zero-order chi connectivity index (χ0) is 24.5. The van der Waals surface area contributed by atoms with E-state index in [1.807, 2.05) is 0 Å². The molecule has 2 amide bonds. The standard InChI is InChI=1S/C22H21Cl2F3N2O4/c1-22(2,3)33-21(31)28-15-8-11-4-6-14(24)19(18(11)29(20(15)30)10-17(26)27)32-16-9-12(25)5-7-13(16)23/h4-7,9,15,17H,8,10H2,1-3H3,(H,28,31)/t15-/m1/s1. The topological polar surface area (TPSA) is 67.9 Å². The first-order chi connectivity index (χ1) is 15.4. The molecule has 0 aromatic heterocycles. The highest BCUT2D eigenvalue weighted by Crippen LogP contribution is 2.45. The number of hydrogen-bond donors (Lipinski definition) is 1. The lowest BCUT2D eigenvalue weighted by atomic mass is 9.96. The third-order valence-corrected chi connectivity index (χ3v) is 5.15. The summed E-state index contributed by atoms with van der Waals surface area (Å²) in [7, 11) is 0. The predicted octanol–water partition coefficient (Wildman–Crippen LogP) is 5.97. The Morgan fingerprint density at radius 2 is 1.88 bits per heavy atom. The predicted molar refractivity (Wildman–Crippen MR) is 118 cm³/mol. The van der Waals surface area contributed by atoms with E-state index in [2.05, 4.69) is 5.32 Å². The van der Waals surface area contributed by atoms with Crippen LogP contribution in [0.2, 0.25) is 10.0 Å². The maximum Gasteiger partial charge on any atom is 0.408 e. The van der Waals surface area contributed by atoms with E-state index < -0.39 is 42.4 Å². The second-order valence-corrected chi connectivity index (χ2v) is 9.12. The van der Waals surface area contributed by atoms with E-state index >= 15 is 0 Å². The summed E-state index contributed by atoms with van der Waals surface area (Å²) in [6, 6.07) is 5.22. The SMILES string of the molecule is CC(C)(C)OC(=O)N[C@@H]1Cc2ccc(Cl)c(Oc3cc(F)ccc3Cl)c2N(CC(F)F)C1=O. The molecule has 3 rings (SSSR count). The van der Waals surface area contributed by atoms with E-state index in [1.54, 1.807) is 20.8 Å². The van der Waals surface area contributed by atoms with Gasteiger partial charge in [0.15, 0.2) is 5.75 Å². The van der Waals surface area contributed by atoms with Gasteiger partial charge in [-0.25, -0.2) is 18.0 Å². The molecule has 6 nitrogen and oxygen atoms in total. The van der Waals surface area contributed by atoms with Gasteiger partial charge in [-0.2, -0.15) is 0 Å². The van der Waals surface area contributed by atoms with Crippen molar-refractivity contribution in [3.05, 3.63) is 51.8 Å². The molecule has 1 aliphatic heterocycles. The number of hydrogen-bond acceptors (Lipinski definition) is 4. The molecule has 0 unspecified atom stereocenters. The van der Waals surface area contributed by atoms with Crippen molar-refractivity contribution in [1.82, 2.24) is 5.32 Å². The van der Waals surface area contributed by atoms with Crippen LogP contribution in [0.3, 0.4) is 0 Å². The Morgan fingerprint density at radius 1 is 1.21 bits per heavy atom. The fraction of sp³-hybridized carbons (Fsp3) is 0.364. The van der Waals surface area contributed by atoms with Crippen molar-refractivity contribution in [3.8, 4) is 11.5 Å². The first-order valence-corrected chi connectivity index (χ1v) is 10.6. The summed E-state index contributed by atoms with van der Waals surface area (Å²) in [6.45, 7) is 3.97. The van der Waals surface area contributed by atoms with Gasteiger partial charge < -0.3 is 19.7 Å². The van der Waals surface area contributed by atoms with Gasteiger partial charge in [-0.05, 0) is 44.5 Å². The monoisotopic (exact) mass is 504 g/mol. The van der Waals surface area contributed by atoms with Gasteiger partial charge in [0.05, 0.1) is 22.3 Å². The number of carbonyl (C=O) groups is 2. The summed E-state index contributed by atoms with van der Waals surface area (Å²) in [5.74, 6) is -1.68. The van der Waals surface area contributed by atoms with Crippen LogP contribution in [-0.2, 0) is 16.0 Å². The summed E-state index contributed by atoms with van der Waals surface area (Å²) in [5.41, 5.74) is -0.417. The lowest BCUT2D eigenvalue weighted by molar-refractivity contribution is -0.121. The molecule has 11 heteroatoms. The summed E-state index contributed by atoms with van der Waals surface area (Å²) in [6.07, 6.45) is -3.79. The summed E-state index contributed by atoms with van der Waals surface area (Å²) in [4.78, 5) is 26.1. The molecular formula is C22H21Cl2F3N2O4. The second-order valence-electron chi connectivity index (χ2n) is 8.30. The number of nitrogens with one attached hydrogen (secondary N) is 1. The molecule has 0 saturated heterocycles. The van der Waals surface area contributed by atoms with Crippen molar-refractivity contribution >= 4 is 40.9 Å². The molecule has 0 radical (unpaired) electrons. The molecule has 0 bridgehead atoms. The van der Waals surface area contributed by atoms with Crippen LogP contribution in [0.25, 0.3) is 0 Å². The van der Waals surface area contributed by atoms with E-state index in [1.165, 1.54) is 18.2 Å². The third kappa shape index (κ3) is 6.03. The number of benzene rings is 2. The van der Waals surface area contributed by atoms with Gasteiger partial charge in [0.25, 0.3) is 6.43 Å². The highest BCUT2D eigenvalue weighted by Gasteiger charge is 2.38. The van der Waals surface area contributed by atoms with E-state index in [-0.39, 0.29) is 33.7 Å². The van der Waals surface area contributed by atoms with Crippen LogP contribution in [0.1, 0.15) is 26.3 Å². The van der Waals surface area contributed by atoms with Gasteiger partial charge in [0.2, 0.25) is 5.91 Å². The zero-order valence-electron chi connectivity index (χ0n) is 17.9. The zero-order valence-corrected chi connectivity index (χ0v) is 19.4. The van der Waals surface area contributed by atoms with Crippen molar-refractivity contribution in [1.29, 1.82) is 0 Å². The van der Waals surface area contributed by atoms with Crippen molar-refractivity contribution in [2.75, 3.05) is 11.4 Å². The molecular weight excluding hydrogens is 484 g/mol. The smallest absolute Gasteiger partial charge is 0.408 e. The molecule has 1 atom stereocenters. The van der Waals surface area contributed by atoms with Crippen LogP contribution < -0.4 is 15.0 Å². The summed E-state index contributed by atoms with van der Waals surface area (Å²) in [5, 5.41) is 2.48. The fourth-order valence-electron chi connectivity index (χ4n) is 3.30. The molecule has 2 aromatic rings. The number of amides is 2. The average molecular weight is 505 g/mol. The van der Waals surface area contributed by atoms with Gasteiger partial charge >= 0.3 is 6.09 Å². The molecule has 178 valence electrons. The molecule has 0 saturated carbocycles. The number of fused-ring (bicyclic) bond motifs is 1. The number of anilines is 1. The van der Waals surface area contributed by atoms with Crippen molar-refractivity contribution in [2.45, 2.75) is 45.3 Å². The van der Waals surface area contributed by atoms with Crippen LogP contribution in [-0.4, -0.2) is 36.6 Å². The quantitative estimate of drug-likeness (QED) is 0.544. The molecule has 1 heterocycles. The Balaban J connectivity index is 2.02. The number of rotatable bonds is 5. The van der Waals surface area contributed by atoms with E-state index in [0.29, 0.717) is 5.56 Å². The maximum atomic E-state index is 13.7. The van der Waals surface area contributed by atoms with Crippen molar-refractivity contribution in [2.24, 2.45) is 0 Å². The Labute approximate surface area is 198 Å². The Bertz CT molecular complexity index is 1080. The molecule has 2 aromatic carbocycles. The second kappa shape index (κ2) is 9.69. The minimum atomic E-state index is -2.90. The minimum Gasteiger partial charge on any atom is -0.452 e. The van der Waals surface area contributed by atoms with Gasteiger partial charge in [0, 0.05) is 12.5 Å². The first-order valence-electron chi connectivity index (χ1n) is 9.89. The molecule has 33 heavy (non-hydrogen) atoms. The largest absolute Gasteiger partial charge is 0.452 e. The maximum absolute atomic E-state index is 13.7. The number of alkyl carbamates (subject to hydrolysis) is 1. The highest BCUT2D eigenvalue weighted by molar-refractivity contribution is 6.33. The van der Waals surface area contributed by atoms with E-state index in [9.17, 15) is 22.8 Å². The number of alkyl halides is 2. The van der Waals surface area contributed by atoms with Gasteiger partial charge in [-0.15, -0.1) is 0 Å². The highest BCUT2D eigenvalue weighted by atomic mass is 35.5. The number of carbonyl (C=O) groups excluding carboxylic acids is 2. The Morgan fingerprint density at radius 3 is 2.52 bits per heavy atom. The van der Waals surface area contributed by atoms with Crippen molar-refractivity contribution in [3.63, 3.8) is 0 Å². The van der Waals surface area contributed by atoms with Crippen LogP contribution in [0.5, 0.6) is 11.5 Å². The van der Waals surface area contributed by atoms with Crippen LogP contribution in [0, 0.1) is 5.82 Å². The fourth-order valence-corrected chi connectivity index (χ4v) is 3.64. The Hall–Kier alpha value is -2.65. The van der Waals surface area contributed by atoms with Crippen LogP contribution in [0.15, 0.2) is 30.3 Å². The van der Waals surface area contributed by atoms with Gasteiger partial charge in [0.1, 0.15) is 23.2 Å². The molecule has 1 aliphatic rings. The first kappa shape index (κ1) is 25.0. The molecule has 0 aliphatic carbocycles. The number of ether oxygens (including phenoxy) is 2. The lowest BCUT2D eigenvalue weighted by Gasteiger charge is -2.36. The van der Waals surface area contributed by atoms with Gasteiger partial charge in [-0.3, -0.25) is 4.79 Å². The Kier molecular flexibility index (Phi) is 7.33. The molecule has 1 N–H and O–H groups in total. The normalized spacial score (nSPS) is 16.0. The van der Waals surface area contributed by atoms with E-state index in [0.717, 1.165) is 17.0 Å². The molecule has 0 fully saturated rings. The number of halogens is 5. The molecule has 0 spiro atoms. The van der Waals surface area contributed by atoms with Crippen LogP contribution in [0.4, 0.5) is 23.7 Å². The lowest BCUT2D eigenvalue weighted by Crippen LogP contribution is -2.54. The van der Waals surface area contributed by atoms with Gasteiger partial charge in [-0.1, -0.05) is 29.3 Å². The summed E-state index contributed by atoms with van der Waals surface area (Å²) >= 11 is 12.3. The minimum absolute atomic E-state index is 0.000282. The van der Waals surface area contributed by atoms with Crippen LogP contribution >= 0.6 is 23.2 Å². The van der Waals surface area contributed by atoms with Crippen molar-refractivity contribution < 1.29 is 32.2 Å². The third-order valence-electron chi connectivity index (χ3n) is 4.54. The average Bonchev–Trinajstić information content (AvgIpc) is 2.68. The van der Waals surface area contributed by atoms with E-state index in [4.69, 9.17) is 32.7 Å².